The highest BCUT2D eigenvalue weighted by Crippen LogP contribution is 2.34. The number of anilines is 1. The van der Waals surface area contributed by atoms with Gasteiger partial charge in [-0.2, -0.15) is 0 Å². The molecule has 12 nitrogen and oxygen atoms in total. The van der Waals surface area contributed by atoms with Gasteiger partial charge in [-0.15, -0.1) is 5.11 Å². The molecule has 1 unspecified atom stereocenters. The second kappa shape index (κ2) is 9.45. The molecule has 2 aliphatic rings. The van der Waals surface area contributed by atoms with Gasteiger partial charge in [0, 0.05) is 31.4 Å². The van der Waals surface area contributed by atoms with E-state index in [1.54, 1.807) is 11.0 Å². The van der Waals surface area contributed by atoms with Crippen LogP contribution in [0.4, 0.5) is 5.69 Å². The van der Waals surface area contributed by atoms with E-state index in [0.717, 1.165) is 19.5 Å². The van der Waals surface area contributed by atoms with Crippen LogP contribution in [-0.2, 0) is 20.8 Å². The first-order valence-electron chi connectivity index (χ1n) is 9.37. The third-order valence-electron chi connectivity index (χ3n) is 5.09. The van der Waals surface area contributed by atoms with Gasteiger partial charge in [-0.05, 0) is 31.5 Å². The molecule has 2 aliphatic heterocycles. The number of hydrogen-bond acceptors (Lipinski definition) is 9. The number of nitrogens with one attached hydrogen (secondary N) is 3. The van der Waals surface area contributed by atoms with E-state index in [4.69, 9.17) is 16.4 Å². The lowest BCUT2D eigenvalue weighted by atomic mass is 10.1. The van der Waals surface area contributed by atoms with Crippen LogP contribution < -0.4 is 26.5 Å². The fourth-order valence-corrected chi connectivity index (χ4v) is 6.21. The molecule has 1 aromatic carbocycles. The van der Waals surface area contributed by atoms with Crippen LogP contribution in [0.3, 0.4) is 0 Å². The second-order valence-corrected chi connectivity index (χ2v) is 10.1. The van der Waals surface area contributed by atoms with Gasteiger partial charge in [0.05, 0.1) is 33.2 Å². The van der Waals surface area contributed by atoms with E-state index in [2.05, 4.69) is 21.0 Å². The van der Waals surface area contributed by atoms with Crippen LogP contribution in [0, 0.1) is 5.41 Å². The maximum Gasteiger partial charge on any atom is 0.240 e. The molecule has 30 heavy (non-hydrogen) atoms. The monoisotopic (exact) mass is 458 g/mol. The number of primary sulfonamides is 1. The fourth-order valence-electron chi connectivity index (χ4n) is 3.68. The van der Waals surface area contributed by atoms with Gasteiger partial charge in [0.2, 0.25) is 10.0 Å². The molecule has 0 bridgehead atoms. The second-order valence-electron chi connectivity index (χ2n) is 7.17. The number of aliphatic hydroxyl groups excluding tert-OH is 1. The van der Waals surface area contributed by atoms with Crippen molar-refractivity contribution in [2.75, 3.05) is 37.0 Å². The van der Waals surface area contributed by atoms with Gasteiger partial charge in [0.25, 0.3) is 0 Å². The molecule has 3 rings (SSSR count). The Bertz CT molecular complexity index is 962. The Labute approximate surface area is 177 Å². The Hall–Kier alpha value is -1.97. The molecule has 0 amide bonds. The number of rotatable bonds is 7. The average molecular weight is 459 g/mol. The first-order chi connectivity index (χ1) is 14.2. The number of aliphatic hydroxyl groups is 1. The Morgan fingerprint density at radius 1 is 1.43 bits per heavy atom. The Morgan fingerprint density at radius 2 is 2.20 bits per heavy atom. The molecule has 0 aliphatic carbocycles. The van der Waals surface area contributed by atoms with E-state index in [0.29, 0.717) is 18.7 Å². The molecule has 14 heteroatoms. The smallest absolute Gasteiger partial charge is 0.240 e. The predicted molar refractivity (Wildman–Crippen MR) is 112 cm³/mol. The SMILES string of the molecule is N=C(N=NN)c1c(N2CC[C@H](O)C2)ccc(S(=O)CN[C@@H]2CCNC2)c1S(N)(=O)=O. The minimum atomic E-state index is -4.38. The average Bonchev–Trinajstić information content (AvgIpc) is 3.36. The summed E-state index contributed by atoms with van der Waals surface area (Å²) in [7, 11) is -6.13. The molecule has 2 saturated heterocycles. The van der Waals surface area contributed by atoms with Gasteiger partial charge in [0.1, 0.15) is 4.90 Å². The quantitative estimate of drug-likeness (QED) is 0.0939. The van der Waals surface area contributed by atoms with Crippen LogP contribution in [0.1, 0.15) is 18.4 Å². The van der Waals surface area contributed by atoms with Crippen LogP contribution in [0.15, 0.2) is 32.3 Å². The van der Waals surface area contributed by atoms with Crippen molar-refractivity contribution in [1.82, 2.24) is 10.6 Å². The number of hydrogen-bond donors (Lipinski definition) is 6. The molecule has 3 atom stereocenters. The molecule has 166 valence electrons. The summed E-state index contributed by atoms with van der Waals surface area (Å²) in [4.78, 5) is 1.26. The molecular formula is C16H26N8O4S2. The summed E-state index contributed by atoms with van der Waals surface area (Å²) in [5.41, 5.74) is 0.205. The van der Waals surface area contributed by atoms with Crippen molar-refractivity contribution in [3.05, 3.63) is 17.7 Å². The van der Waals surface area contributed by atoms with Crippen molar-refractivity contribution in [2.45, 2.75) is 34.8 Å². The Kier molecular flexibility index (Phi) is 7.15. The summed E-state index contributed by atoms with van der Waals surface area (Å²) in [5.74, 6) is 4.58. The number of nitrogens with zero attached hydrogens (tertiary/aromatic N) is 3. The number of β-amino-alcohol motifs (C(OH)–C–C–N with tert-alkyl or cyclic N) is 1. The van der Waals surface area contributed by atoms with Gasteiger partial charge in [-0.3, -0.25) is 9.62 Å². The lowest BCUT2D eigenvalue weighted by molar-refractivity contribution is 0.198. The van der Waals surface area contributed by atoms with Crippen molar-refractivity contribution in [2.24, 2.45) is 21.3 Å². The number of amidine groups is 1. The van der Waals surface area contributed by atoms with Crippen molar-refractivity contribution in [3.63, 3.8) is 0 Å². The number of sulfonamides is 1. The lowest BCUT2D eigenvalue weighted by Crippen LogP contribution is -2.34. The van der Waals surface area contributed by atoms with Crippen LogP contribution in [0.25, 0.3) is 0 Å². The number of benzene rings is 1. The van der Waals surface area contributed by atoms with Crippen molar-refractivity contribution in [1.29, 1.82) is 5.41 Å². The Balaban J connectivity index is 2.07. The predicted octanol–water partition coefficient (Wildman–Crippen LogP) is -1.43. The third kappa shape index (κ3) is 5.01. The van der Waals surface area contributed by atoms with Crippen LogP contribution in [0.2, 0.25) is 0 Å². The summed E-state index contributed by atoms with van der Waals surface area (Å²) in [6, 6.07) is 3.13. The maximum atomic E-state index is 13.0. The molecular weight excluding hydrogens is 432 g/mol. The first-order valence-corrected chi connectivity index (χ1v) is 12.2. The van der Waals surface area contributed by atoms with Gasteiger partial charge < -0.3 is 26.5 Å². The molecule has 2 fully saturated rings. The Morgan fingerprint density at radius 3 is 2.77 bits per heavy atom. The standard InChI is InChI=1S/C16H26N8O4S2/c17-16(22-23-18)14-12(24-6-4-11(25)8-24)1-2-13(15(14)30(19,27)28)29(26)9-21-10-3-5-20-7-10/h1-2,10-11,20-21,25H,3-9H2,(H3,17,18,22)(H2,19,27,28)/t10-,11+,29?/m1/s1. The molecule has 1 aromatic rings. The third-order valence-corrected chi connectivity index (χ3v) is 7.47. The summed E-state index contributed by atoms with van der Waals surface area (Å²) >= 11 is 0. The zero-order chi connectivity index (χ0) is 21.9. The molecule has 2 heterocycles. The highest BCUT2D eigenvalue weighted by atomic mass is 32.2. The zero-order valence-corrected chi connectivity index (χ0v) is 17.9. The molecule has 0 saturated carbocycles. The first kappa shape index (κ1) is 22.7. The molecule has 0 spiro atoms. The summed E-state index contributed by atoms with van der Waals surface area (Å²) in [5, 5.41) is 36.5. The maximum absolute atomic E-state index is 13.0. The normalized spacial score (nSPS) is 23.3. The van der Waals surface area contributed by atoms with E-state index in [-0.39, 0.29) is 28.9 Å². The summed E-state index contributed by atoms with van der Waals surface area (Å²) in [6.45, 7) is 2.30. The zero-order valence-electron chi connectivity index (χ0n) is 16.2. The molecule has 0 radical (unpaired) electrons. The van der Waals surface area contributed by atoms with Crippen LogP contribution in [0.5, 0.6) is 0 Å². The van der Waals surface area contributed by atoms with Crippen molar-refractivity contribution < 1.29 is 17.7 Å². The van der Waals surface area contributed by atoms with Gasteiger partial charge in [-0.1, -0.05) is 5.22 Å². The van der Waals surface area contributed by atoms with Crippen LogP contribution >= 0.6 is 0 Å². The fraction of sp³-hybridized carbons (Fsp3) is 0.562. The van der Waals surface area contributed by atoms with E-state index in [1.807, 2.05) is 0 Å². The summed E-state index contributed by atoms with van der Waals surface area (Å²) < 4.78 is 38.0. The van der Waals surface area contributed by atoms with E-state index >= 15 is 0 Å². The highest BCUT2D eigenvalue weighted by Gasteiger charge is 2.32. The summed E-state index contributed by atoms with van der Waals surface area (Å²) in [6.07, 6.45) is 0.782. The van der Waals surface area contributed by atoms with E-state index in [9.17, 15) is 17.7 Å². The minimum Gasteiger partial charge on any atom is -0.391 e. The number of nitrogens with two attached hydrogens (primary N) is 2. The van der Waals surface area contributed by atoms with E-state index < -0.39 is 37.7 Å². The highest BCUT2D eigenvalue weighted by molar-refractivity contribution is 7.91. The van der Waals surface area contributed by atoms with Crippen molar-refractivity contribution >= 4 is 32.3 Å². The van der Waals surface area contributed by atoms with Crippen LogP contribution in [-0.4, -0.2) is 67.8 Å². The topological polar surface area (TPSA) is 199 Å². The largest absolute Gasteiger partial charge is 0.391 e. The minimum absolute atomic E-state index is 0.0218. The molecule has 8 N–H and O–H groups in total. The van der Waals surface area contributed by atoms with Crippen molar-refractivity contribution in [3.8, 4) is 0 Å². The van der Waals surface area contributed by atoms with Gasteiger partial charge >= 0.3 is 0 Å². The lowest BCUT2D eigenvalue weighted by Gasteiger charge is -2.24. The molecule has 0 aromatic heterocycles. The van der Waals surface area contributed by atoms with Gasteiger partial charge in [0.15, 0.2) is 5.84 Å². The van der Waals surface area contributed by atoms with Gasteiger partial charge in [-0.25, -0.2) is 13.6 Å². The van der Waals surface area contributed by atoms with E-state index in [1.165, 1.54) is 6.07 Å².